The number of aromatic nitrogens is 1. The monoisotopic (exact) mass is 407 g/mol. The van der Waals surface area contributed by atoms with Crippen LogP contribution in [0.2, 0.25) is 0 Å². The van der Waals surface area contributed by atoms with Crippen LogP contribution in [0.5, 0.6) is 0 Å². The number of fused-ring (bicyclic) bond motifs is 1. The van der Waals surface area contributed by atoms with Gasteiger partial charge in [-0.3, -0.25) is 4.79 Å². The van der Waals surface area contributed by atoms with Gasteiger partial charge in [-0.2, -0.15) is 4.98 Å². The van der Waals surface area contributed by atoms with Crippen molar-refractivity contribution in [1.82, 2.24) is 4.98 Å². The molecule has 2 N–H and O–H groups in total. The zero-order chi connectivity index (χ0) is 21.5. The third kappa shape index (κ3) is 5.62. The number of rotatable bonds is 10. The van der Waals surface area contributed by atoms with Crippen LogP contribution < -0.4 is 10.6 Å². The van der Waals surface area contributed by atoms with Crippen LogP contribution in [-0.4, -0.2) is 17.4 Å². The lowest BCUT2D eigenvalue weighted by Gasteiger charge is -2.20. The van der Waals surface area contributed by atoms with E-state index in [4.69, 9.17) is 4.42 Å². The molecule has 0 aliphatic rings. The maximum Gasteiger partial charge on any atom is 0.295 e. The molecular formula is C25H33N3O2. The lowest BCUT2D eigenvalue weighted by atomic mass is 9.92. The predicted octanol–water partition coefficient (Wildman–Crippen LogP) is 6.69. The number of hydrogen-bond donors (Lipinski definition) is 2. The molecule has 0 fully saturated rings. The van der Waals surface area contributed by atoms with Crippen molar-refractivity contribution in [3.05, 3.63) is 53.6 Å². The SMILES string of the molecule is CC(C)c1cccc(C(C)C)c1NC(=O)CCCCCNc1nc2ccccc2o1. The highest BCUT2D eigenvalue weighted by molar-refractivity contribution is 5.92. The number of nitrogens with zero attached hydrogens (tertiary/aromatic N) is 1. The van der Waals surface area contributed by atoms with Gasteiger partial charge in [-0.1, -0.05) is 64.4 Å². The van der Waals surface area contributed by atoms with Crippen LogP contribution in [0.4, 0.5) is 11.7 Å². The summed E-state index contributed by atoms with van der Waals surface area (Å²) >= 11 is 0. The van der Waals surface area contributed by atoms with Crippen LogP contribution in [0.25, 0.3) is 11.1 Å². The summed E-state index contributed by atoms with van der Waals surface area (Å²) in [6, 6.07) is 14.6. The molecule has 3 rings (SSSR count). The van der Waals surface area contributed by atoms with E-state index in [2.05, 4.69) is 61.5 Å². The molecule has 0 aliphatic heterocycles. The Kier molecular flexibility index (Phi) is 7.50. The Morgan fingerprint density at radius 1 is 0.933 bits per heavy atom. The van der Waals surface area contributed by atoms with E-state index in [0.717, 1.165) is 42.6 Å². The van der Waals surface area contributed by atoms with E-state index in [-0.39, 0.29) is 5.91 Å². The molecule has 30 heavy (non-hydrogen) atoms. The molecule has 0 unspecified atom stereocenters. The fourth-order valence-corrected chi connectivity index (χ4v) is 3.63. The standard InChI is InChI=1S/C25H33N3O2/c1-17(2)19-11-10-12-20(18(3)4)24(19)28-23(29)15-6-5-9-16-26-25-27-21-13-7-8-14-22(21)30-25/h7-8,10-14,17-18H,5-6,9,15-16H2,1-4H3,(H,26,27)(H,28,29). The number of carbonyl (C=O) groups is 1. The van der Waals surface area contributed by atoms with Gasteiger partial charge in [-0.05, 0) is 47.9 Å². The largest absolute Gasteiger partial charge is 0.424 e. The molecule has 2 aromatic carbocycles. The van der Waals surface area contributed by atoms with Crippen LogP contribution >= 0.6 is 0 Å². The smallest absolute Gasteiger partial charge is 0.295 e. The number of benzene rings is 2. The summed E-state index contributed by atoms with van der Waals surface area (Å²) in [4.78, 5) is 17.0. The molecule has 3 aromatic rings. The Hall–Kier alpha value is -2.82. The molecule has 1 amide bonds. The van der Waals surface area contributed by atoms with Gasteiger partial charge < -0.3 is 15.1 Å². The Morgan fingerprint density at radius 2 is 1.63 bits per heavy atom. The molecule has 0 radical (unpaired) electrons. The number of para-hydroxylation sites is 3. The minimum absolute atomic E-state index is 0.0944. The van der Waals surface area contributed by atoms with Crippen molar-refractivity contribution < 1.29 is 9.21 Å². The first-order valence-electron chi connectivity index (χ1n) is 11.0. The van der Waals surface area contributed by atoms with Crippen molar-refractivity contribution in [2.45, 2.75) is 65.2 Å². The molecule has 0 atom stereocenters. The molecular weight excluding hydrogens is 374 g/mol. The molecule has 160 valence electrons. The van der Waals surface area contributed by atoms with Gasteiger partial charge in [0.25, 0.3) is 6.01 Å². The average molecular weight is 408 g/mol. The molecule has 0 spiro atoms. The van der Waals surface area contributed by atoms with E-state index in [1.807, 2.05) is 24.3 Å². The third-order valence-corrected chi connectivity index (χ3v) is 5.29. The Bertz CT molecular complexity index is 916. The van der Waals surface area contributed by atoms with Gasteiger partial charge in [0.05, 0.1) is 0 Å². The zero-order valence-electron chi connectivity index (χ0n) is 18.5. The molecule has 5 heteroatoms. The van der Waals surface area contributed by atoms with E-state index in [9.17, 15) is 4.79 Å². The molecule has 5 nitrogen and oxygen atoms in total. The Labute approximate surface area is 179 Å². The van der Waals surface area contributed by atoms with Crippen LogP contribution in [-0.2, 0) is 4.79 Å². The van der Waals surface area contributed by atoms with Gasteiger partial charge in [-0.15, -0.1) is 0 Å². The maximum atomic E-state index is 12.6. The summed E-state index contributed by atoms with van der Waals surface area (Å²) in [7, 11) is 0. The molecule has 1 heterocycles. The van der Waals surface area contributed by atoms with Gasteiger partial charge in [0.1, 0.15) is 5.52 Å². The second kappa shape index (κ2) is 10.3. The van der Waals surface area contributed by atoms with E-state index in [1.165, 1.54) is 11.1 Å². The summed E-state index contributed by atoms with van der Waals surface area (Å²) in [6.07, 6.45) is 3.34. The van der Waals surface area contributed by atoms with E-state index < -0.39 is 0 Å². The summed E-state index contributed by atoms with van der Waals surface area (Å²) in [5.41, 5.74) is 5.07. The highest BCUT2D eigenvalue weighted by atomic mass is 16.4. The summed E-state index contributed by atoms with van der Waals surface area (Å²) in [5.74, 6) is 0.839. The first-order valence-corrected chi connectivity index (χ1v) is 11.0. The van der Waals surface area contributed by atoms with E-state index in [1.54, 1.807) is 0 Å². The fraction of sp³-hybridized carbons (Fsp3) is 0.440. The van der Waals surface area contributed by atoms with E-state index >= 15 is 0 Å². The minimum atomic E-state index is 0.0944. The number of unbranched alkanes of at least 4 members (excludes halogenated alkanes) is 2. The van der Waals surface area contributed by atoms with Crippen molar-refractivity contribution in [2.24, 2.45) is 0 Å². The van der Waals surface area contributed by atoms with Crippen LogP contribution in [0.15, 0.2) is 46.9 Å². The lowest BCUT2D eigenvalue weighted by molar-refractivity contribution is -0.116. The van der Waals surface area contributed by atoms with Crippen LogP contribution in [0, 0.1) is 0 Å². The predicted molar refractivity (Wildman–Crippen MR) is 124 cm³/mol. The highest BCUT2D eigenvalue weighted by Crippen LogP contribution is 2.32. The van der Waals surface area contributed by atoms with Gasteiger partial charge in [0.15, 0.2) is 5.58 Å². The van der Waals surface area contributed by atoms with Crippen molar-refractivity contribution in [3.63, 3.8) is 0 Å². The number of carbonyl (C=O) groups excluding carboxylic acids is 1. The molecule has 0 saturated heterocycles. The van der Waals surface area contributed by atoms with Gasteiger partial charge in [0.2, 0.25) is 5.91 Å². The first kappa shape index (κ1) is 21.9. The van der Waals surface area contributed by atoms with Crippen molar-refractivity contribution in [2.75, 3.05) is 17.2 Å². The summed E-state index contributed by atoms with van der Waals surface area (Å²) < 4.78 is 5.65. The van der Waals surface area contributed by atoms with Crippen molar-refractivity contribution >= 4 is 28.7 Å². The Morgan fingerprint density at radius 3 is 2.30 bits per heavy atom. The minimum Gasteiger partial charge on any atom is -0.424 e. The molecule has 0 saturated carbocycles. The summed E-state index contributed by atoms with van der Waals surface area (Å²) in [6.45, 7) is 9.44. The molecule has 1 aromatic heterocycles. The maximum absolute atomic E-state index is 12.6. The van der Waals surface area contributed by atoms with Gasteiger partial charge >= 0.3 is 0 Å². The number of hydrogen-bond acceptors (Lipinski definition) is 4. The van der Waals surface area contributed by atoms with Gasteiger partial charge in [-0.25, -0.2) is 0 Å². The van der Waals surface area contributed by atoms with E-state index in [0.29, 0.717) is 24.3 Å². The summed E-state index contributed by atoms with van der Waals surface area (Å²) in [5, 5.41) is 6.42. The topological polar surface area (TPSA) is 67.2 Å². The quantitative estimate of drug-likeness (QED) is 0.368. The number of anilines is 2. The second-order valence-corrected chi connectivity index (χ2v) is 8.39. The normalized spacial score (nSPS) is 11.4. The number of nitrogens with one attached hydrogen (secondary N) is 2. The Balaban J connectivity index is 1.43. The van der Waals surface area contributed by atoms with Gasteiger partial charge in [0, 0.05) is 18.7 Å². The van der Waals surface area contributed by atoms with Crippen LogP contribution in [0.1, 0.15) is 76.3 Å². The van der Waals surface area contributed by atoms with Crippen molar-refractivity contribution in [3.8, 4) is 0 Å². The first-order chi connectivity index (χ1) is 14.5. The lowest BCUT2D eigenvalue weighted by Crippen LogP contribution is -2.15. The number of amides is 1. The zero-order valence-corrected chi connectivity index (χ0v) is 18.5. The number of oxazole rings is 1. The van der Waals surface area contributed by atoms with Crippen molar-refractivity contribution in [1.29, 1.82) is 0 Å². The average Bonchev–Trinajstić information content (AvgIpc) is 3.13. The highest BCUT2D eigenvalue weighted by Gasteiger charge is 2.15. The van der Waals surface area contributed by atoms with Crippen LogP contribution in [0.3, 0.4) is 0 Å². The molecule has 0 bridgehead atoms. The molecule has 0 aliphatic carbocycles. The fourth-order valence-electron chi connectivity index (χ4n) is 3.63. The third-order valence-electron chi connectivity index (χ3n) is 5.29. The second-order valence-electron chi connectivity index (χ2n) is 8.39.